The van der Waals surface area contributed by atoms with Gasteiger partial charge in [-0.25, -0.2) is 0 Å². The smallest absolute Gasteiger partial charge is 0.253 e. The van der Waals surface area contributed by atoms with E-state index in [9.17, 15) is 4.79 Å². The Bertz CT molecular complexity index is 567. The zero-order valence-corrected chi connectivity index (χ0v) is 12.6. The first-order valence-electron chi connectivity index (χ1n) is 6.41. The summed E-state index contributed by atoms with van der Waals surface area (Å²) in [5.41, 5.74) is 1.90. The molecule has 0 aliphatic rings. The summed E-state index contributed by atoms with van der Waals surface area (Å²) in [5.74, 6) is 0.606. The number of amides is 1. The molecule has 19 heavy (non-hydrogen) atoms. The average Bonchev–Trinajstić information content (AvgIpc) is 2.87. The topological polar surface area (TPSA) is 20.3 Å². The molecule has 0 radical (unpaired) electrons. The summed E-state index contributed by atoms with van der Waals surface area (Å²) in [4.78, 5) is 16.1. The second-order valence-electron chi connectivity index (χ2n) is 5.13. The molecule has 0 aliphatic heterocycles. The van der Waals surface area contributed by atoms with Crippen molar-refractivity contribution in [3.05, 3.63) is 46.8 Å². The van der Waals surface area contributed by atoms with Crippen molar-refractivity contribution in [1.82, 2.24) is 4.90 Å². The predicted molar refractivity (Wildman–Crippen MR) is 81.9 cm³/mol. The van der Waals surface area contributed by atoms with Gasteiger partial charge in [0.05, 0.1) is 0 Å². The summed E-state index contributed by atoms with van der Waals surface area (Å²) in [6, 6.07) is 12.2. The van der Waals surface area contributed by atoms with Gasteiger partial charge in [0, 0.05) is 29.4 Å². The maximum Gasteiger partial charge on any atom is 0.253 e. The Kier molecular flexibility index (Phi) is 4.05. The fourth-order valence-corrected chi connectivity index (χ4v) is 2.87. The van der Waals surface area contributed by atoms with Gasteiger partial charge in [-0.15, -0.1) is 11.3 Å². The maximum atomic E-state index is 11.8. The lowest BCUT2D eigenvalue weighted by Gasteiger charge is -2.10. The molecule has 3 heteroatoms. The Hall–Kier alpha value is -1.61. The number of nitrogens with zero attached hydrogens (tertiary/aromatic N) is 1. The van der Waals surface area contributed by atoms with E-state index in [1.807, 2.05) is 35.6 Å². The summed E-state index contributed by atoms with van der Waals surface area (Å²) in [6.07, 6.45) is 0. The molecule has 0 aliphatic carbocycles. The predicted octanol–water partition coefficient (Wildman–Crippen LogP) is 4.24. The zero-order valence-electron chi connectivity index (χ0n) is 11.8. The SMILES string of the molecule is CC(C)c1ccc(-c2ccc(C(=O)N(C)C)cc2)s1. The van der Waals surface area contributed by atoms with Crippen LogP contribution in [0.25, 0.3) is 10.4 Å². The summed E-state index contributed by atoms with van der Waals surface area (Å²) >= 11 is 1.82. The van der Waals surface area contributed by atoms with Gasteiger partial charge in [0.25, 0.3) is 5.91 Å². The van der Waals surface area contributed by atoms with Gasteiger partial charge in [-0.1, -0.05) is 26.0 Å². The van der Waals surface area contributed by atoms with Gasteiger partial charge in [-0.2, -0.15) is 0 Å². The van der Waals surface area contributed by atoms with E-state index in [4.69, 9.17) is 0 Å². The second kappa shape index (κ2) is 5.57. The van der Waals surface area contributed by atoms with Crippen molar-refractivity contribution in [1.29, 1.82) is 0 Å². The van der Waals surface area contributed by atoms with E-state index in [0.29, 0.717) is 5.92 Å². The Morgan fingerprint density at radius 1 is 1.05 bits per heavy atom. The monoisotopic (exact) mass is 273 g/mol. The lowest BCUT2D eigenvalue weighted by atomic mass is 10.1. The first-order chi connectivity index (χ1) is 8.99. The van der Waals surface area contributed by atoms with Crippen LogP contribution < -0.4 is 0 Å². The highest BCUT2D eigenvalue weighted by molar-refractivity contribution is 7.15. The molecule has 0 saturated heterocycles. The highest BCUT2D eigenvalue weighted by atomic mass is 32.1. The molecule has 0 fully saturated rings. The molecule has 1 aromatic heterocycles. The Labute approximate surface area is 118 Å². The van der Waals surface area contributed by atoms with Crippen LogP contribution in [0, 0.1) is 0 Å². The van der Waals surface area contributed by atoms with E-state index < -0.39 is 0 Å². The van der Waals surface area contributed by atoms with E-state index in [2.05, 4.69) is 26.0 Å². The molecule has 2 rings (SSSR count). The van der Waals surface area contributed by atoms with E-state index in [1.165, 1.54) is 15.3 Å². The second-order valence-corrected chi connectivity index (χ2v) is 6.25. The molecule has 0 saturated carbocycles. The molecule has 100 valence electrons. The normalized spacial score (nSPS) is 10.8. The van der Waals surface area contributed by atoms with E-state index in [1.54, 1.807) is 19.0 Å². The highest BCUT2D eigenvalue weighted by Crippen LogP contribution is 2.32. The van der Waals surface area contributed by atoms with E-state index in [0.717, 1.165) is 5.56 Å². The third-order valence-electron chi connectivity index (χ3n) is 3.02. The number of carbonyl (C=O) groups is 1. The van der Waals surface area contributed by atoms with E-state index >= 15 is 0 Å². The molecular formula is C16H19NOS. The molecule has 0 spiro atoms. The van der Waals surface area contributed by atoms with Crippen LogP contribution in [0.5, 0.6) is 0 Å². The minimum Gasteiger partial charge on any atom is -0.345 e. The first kappa shape index (κ1) is 13.8. The van der Waals surface area contributed by atoms with Crippen molar-refractivity contribution in [2.24, 2.45) is 0 Å². The lowest BCUT2D eigenvalue weighted by Crippen LogP contribution is -2.21. The van der Waals surface area contributed by atoms with Crippen molar-refractivity contribution < 1.29 is 4.79 Å². The van der Waals surface area contributed by atoms with Gasteiger partial charge < -0.3 is 4.90 Å². The van der Waals surface area contributed by atoms with Crippen molar-refractivity contribution in [2.45, 2.75) is 19.8 Å². The van der Waals surface area contributed by atoms with Gasteiger partial charge >= 0.3 is 0 Å². The molecule has 2 aromatic rings. The molecule has 1 heterocycles. The standard InChI is InChI=1S/C16H19NOS/c1-11(2)14-9-10-15(19-14)12-5-7-13(8-6-12)16(18)17(3)4/h5-11H,1-4H3. The van der Waals surface area contributed by atoms with Crippen molar-refractivity contribution >= 4 is 17.2 Å². The number of thiophene rings is 1. The van der Waals surface area contributed by atoms with E-state index in [-0.39, 0.29) is 5.91 Å². The van der Waals surface area contributed by atoms with Gasteiger partial charge in [0.2, 0.25) is 0 Å². The van der Waals surface area contributed by atoms with Crippen LogP contribution >= 0.6 is 11.3 Å². The summed E-state index contributed by atoms with van der Waals surface area (Å²) in [7, 11) is 3.54. The summed E-state index contributed by atoms with van der Waals surface area (Å²) in [6.45, 7) is 4.41. The number of benzene rings is 1. The Morgan fingerprint density at radius 3 is 2.16 bits per heavy atom. The van der Waals surface area contributed by atoms with Crippen LogP contribution in [0.4, 0.5) is 0 Å². The van der Waals surface area contributed by atoms with Gasteiger partial charge in [0.15, 0.2) is 0 Å². The third kappa shape index (κ3) is 3.04. The number of hydrogen-bond donors (Lipinski definition) is 0. The van der Waals surface area contributed by atoms with Crippen LogP contribution in [-0.2, 0) is 0 Å². The minimum atomic E-state index is 0.0422. The maximum absolute atomic E-state index is 11.8. The first-order valence-corrected chi connectivity index (χ1v) is 7.22. The van der Waals surface area contributed by atoms with Crippen LogP contribution in [0.15, 0.2) is 36.4 Å². The van der Waals surface area contributed by atoms with Crippen LogP contribution in [0.2, 0.25) is 0 Å². The third-order valence-corrected chi connectivity index (χ3v) is 4.45. The average molecular weight is 273 g/mol. The zero-order chi connectivity index (χ0) is 14.0. The van der Waals surface area contributed by atoms with Gasteiger partial charge in [0.1, 0.15) is 0 Å². The van der Waals surface area contributed by atoms with Crippen LogP contribution in [-0.4, -0.2) is 24.9 Å². The quantitative estimate of drug-likeness (QED) is 0.819. The fraction of sp³-hybridized carbons (Fsp3) is 0.312. The Morgan fingerprint density at radius 2 is 1.68 bits per heavy atom. The van der Waals surface area contributed by atoms with Crippen LogP contribution in [0.3, 0.4) is 0 Å². The summed E-state index contributed by atoms with van der Waals surface area (Å²) in [5, 5.41) is 0. The highest BCUT2D eigenvalue weighted by Gasteiger charge is 2.09. The summed E-state index contributed by atoms with van der Waals surface area (Å²) < 4.78 is 0. The molecule has 2 nitrogen and oxygen atoms in total. The number of hydrogen-bond acceptors (Lipinski definition) is 2. The molecular weight excluding hydrogens is 254 g/mol. The van der Waals surface area contributed by atoms with Crippen LogP contribution in [0.1, 0.15) is 35.0 Å². The fourth-order valence-electron chi connectivity index (χ4n) is 1.85. The Balaban J connectivity index is 2.24. The molecule has 1 amide bonds. The minimum absolute atomic E-state index is 0.0422. The lowest BCUT2D eigenvalue weighted by molar-refractivity contribution is 0.0827. The molecule has 1 aromatic carbocycles. The van der Waals surface area contributed by atoms with Crippen molar-refractivity contribution in [3.63, 3.8) is 0 Å². The van der Waals surface area contributed by atoms with Crippen molar-refractivity contribution in [2.75, 3.05) is 14.1 Å². The largest absolute Gasteiger partial charge is 0.345 e. The molecule has 0 unspecified atom stereocenters. The molecule has 0 atom stereocenters. The van der Waals surface area contributed by atoms with Crippen molar-refractivity contribution in [3.8, 4) is 10.4 Å². The molecule has 0 bridgehead atoms. The number of rotatable bonds is 3. The number of carbonyl (C=O) groups excluding carboxylic acids is 1. The van der Waals surface area contributed by atoms with Gasteiger partial charge in [-0.3, -0.25) is 4.79 Å². The molecule has 0 N–H and O–H groups in total. The van der Waals surface area contributed by atoms with Gasteiger partial charge in [-0.05, 0) is 35.7 Å².